The number of hydrogen-bond acceptors (Lipinski definition) is 6. The molecule has 0 aromatic heterocycles. The van der Waals surface area contributed by atoms with Crippen molar-refractivity contribution < 1.29 is 32.6 Å². The van der Waals surface area contributed by atoms with Crippen molar-refractivity contribution in [1.29, 1.82) is 0 Å². The number of aliphatic carboxylic acids is 1. The fourth-order valence-corrected chi connectivity index (χ4v) is 3.67. The lowest BCUT2D eigenvalue weighted by Gasteiger charge is -2.18. The van der Waals surface area contributed by atoms with E-state index >= 15 is 0 Å². The molecule has 2 aromatic carbocycles. The molecule has 1 amide bonds. The predicted molar refractivity (Wildman–Crippen MR) is 118 cm³/mol. The van der Waals surface area contributed by atoms with Gasteiger partial charge in [-0.25, -0.2) is 8.42 Å². The number of aryl methyl sites for hydroxylation is 1. The van der Waals surface area contributed by atoms with Crippen molar-refractivity contribution in [3.8, 4) is 5.75 Å². The summed E-state index contributed by atoms with van der Waals surface area (Å²) in [5.74, 6) is -1.87. The number of anilines is 1. The summed E-state index contributed by atoms with van der Waals surface area (Å²) in [6, 6.07) is 10.0. The Morgan fingerprint density at radius 2 is 1.72 bits per heavy atom. The van der Waals surface area contributed by atoms with E-state index in [0.717, 1.165) is 0 Å². The number of ether oxygens (including phenoxy) is 1. The molecule has 172 valence electrons. The largest absolute Gasteiger partial charge is 0.481 e. The third-order valence-corrected chi connectivity index (χ3v) is 5.68. The van der Waals surface area contributed by atoms with E-state index in [1.54, 1.807) is 39.8 Å². The molecule has 2 rings (SSSR count). The number of nitrogens with one attached hydrogen (secondary N) is 2. The van der Waals surface area contributed by atoms with Crippen LogP contribution in [0.3, 0.4) is 0 Å². The lowest BCUT2D eigenvalue weighted by atomic mass is 9.97. The van der Waals surface area contributed by atoms with Crippen LogP contribution in [0.1, 0.15) is 43.1 Å². The monoisotopic (exact) mass is 462 g/mol. The van der Waals surface area contributed by atoms with Gasteiger partial charge in [-0.15, -0.1) is 0 Å². The van der Waals surface area contributed by atoms with Gasteiger partial charge in [-0.1, -0.05) is 12.1 Å². The van der Waals surface area contributed by atoms with Crippen molar-refractivity contribution in [2.75, 3.05) is 11.3 Å². The number of carboxylic acid groups (broad SMARTS) is 1. The van der Waals surface area contributed by atoms with Crippen molar-refractivity contribution in [3.63, 3.8) is 0 Å². The summed E-state index contributed by atoms with van der Waals surface area (Å²) in [6.45, 7) is 6.66. The van der Waals surface area contributed by atoms with E-state index in [1.165, 1.54) is 30.3 Å². The minimum atomic E-state index is -4.06. The van der Waals surface area contributed by atoms with E-state index in [0.29, 0.717) is 5.56 Å². The van der Waals surface area contributed by atoms with E-state index in [-0.39, 0.29) is 34.9 Å². The molecule has 0 aliphatic heterocycles. The Balaban J connectivity index is 2.24. The standard InChI is InChI=1S/C22H26N2O7S/c1-14-13-15(9-10-18(14)31-21(28)22(2,3)4)32(29,30)24-17-8-6-5-7-16(17)20(27)23-12-11-19(25)26/h5-10,13,24H,11-12H2,1-4H3,(H,23,27)(H,25,26). The van der Waals surface area contributed by atoms with Crippen LogP contribution < -0.4 is 14.8 Å². The first-order chi connectivity index (χ1) is 14.8. The summed E-state index contributed by atoms with van der Waals surface area (Å²) >= 11 is 0. The van der Waals surface area contributed by atoms with Gasteiger partial charge >= 0.3 is 11.9 Å². The van der Waals surface area contributed by atoms with E-state index in [2.05, 4.69) is 10.0 Å². The zero-order valence-electron chi connectivity index (χ0n) is 18.3. The molecule has 9 nitrogen and oxygen atoms in total. The molecule has 32 heavy (non-hydrogen) atoms. The maximum absolute atomic E-state index is 12.9. The zero-order valence-corrected chi connectivity index (χ0v) is 19.1. The molecular weight excluding hydrogens is 436 g/mol. The first kappa shape index (κ1) is 24.9. The van der Waals surface area contributed by atoms with Gasteiger partial charge in [0.1, 0.15) is 5.75 Å². The van der Waals surface area contributed by atoms with Crippen molar-refractivity contribution in [1.82, 2.24) is 5.32 Å². The normalized spacial score (nSPS) is 11.5. The van der Waals surface area contributed by atoms with Gasteiger partial charge in [0.25, 0.3) is 15.9 Å². The summed E-state index contributed by atoms with van der Waals surface area (Å²) in [5.41, 5.74) is -0.173. The number of hydrogen-bond donors (Lipinski definition) is 3. The number of carbonyl (C=O) groups excluding carboxylic acids is 2. The number of esters is 1. The number of para-hydroxylation sites is 1. The zero-order chi connectivity index (χ0) is 24.1. The molecule has 0 saturated heterocycles. The van der Waals surface area contributed by atoms with Crippen LogP contribution in [0.2, 0.25) is 0 Å². The molecule has 0 spiro atoms. The fraction of sp³-hybridized carbons (Fsp3) is 0.318. The second kappa shape index (κ2) is 9.82. The number of sulfonamides is 1. The maximum Gasteiger partial charge on any atom is 0.316 e. The molecule has 0 unspecified atom stereocenters. The second-order valence-corrected chi connectivity index (χ2v) is 9.80. The molecule has 0 atom stereocenters. The molecule has 0 fully saturated rings. The summed E-state index contributed by atoms with van der Waals surface area (Å²) in [7, 11) is -4.06. The molecule has 10 heteroatoms. The van der Waals surface area contributed by atoms with Crippen LogP contribution >= 0.6 is 0 Å². The SMILES string of the molecule is Cc1cc(S(=O)(=O)Nc2ccccc2C(=O)NCCC(=O)O)ccc1OC(=O)C(C)(C)C. The molecular formula is C22H26N2O7S. The molecule has 0 heterocycles. The first-order valence-electron chi connectivity index (χ1n) is 9.76. The third-order valence-electron chi connectivity index (χ3n) is 4.31. The first-order valence-corrected chi connectivity index (χ1v) is 11.2. The van der Waals surface area contributed by atoms with Gasteiger partial charge in [-0.2, -0.15) is 0 Å². The average molecular weight is 463 g/mol. The summed E-state index contributed by atoms with van der Waals surface area (Å²) < 4.78 is 33.5. The Morgan fingerprint density at radius 1 is 1.06 bits per heavy atom. The highest BCUT2D eigenvalue weighted by Gasteiger charge is 2.25. The van der Waals surface area contributed by atoms with Crippen LogP contribution in [-0.4, -0.2) is 37.9 Å². The average Bonchev–Trinajstić information content (AvgIpc) is 2.68. The maximum atomic E-state index is 12.9. The van der Waals surface area contributed by atoms with Gasteiger partial charge < -0.3 is 15.2 Å². The number of amides is 1. The van der Waals surface area contributed by atoms with E-state index in [1.807, 2.05) is 0 Å². The topological polar surface area (TPSA) is 139 Å². The quantitative estimate of drug-likeness (QED) is 0.405. The van der Waals surface area contributed by atoms with Crippen LogP contribution in [-0.2, 0) is 19.6 Å². The van der Waals surface area contributed by atoms with Gasteiger partial charge in [0, 0.05) is 6.54 Å². The van der Waals surface area contributed by atoms with Gasteiger partial charge in [0.05, 0.1) is 28.0 Å². The number of benzene rings is 2. The highest BCUT2D eigenvalue weighted by molar-refractivity contribution is 7.92. The van der Waals surface area contributed by atoms with Gasteiger partial charge in [-0.05, 0) is 63.6 Å². The Bertz CT molecular complexity index is 1140. The van der Waals surface area contributed by atoms with Crippen molar-refractivity contribution >= 4 is 33.6 Å². The van der Waals surface area contributed by atoms with Crippen LogP contribution in [0.4, 0.5) is 5.69 Å². The van der Waals surface area contributed by atoms with E-state index in [4.69, 9.17) is 9.84 Å². The second-order valence-electron chi connectivity index (χ2n) is 8.12. The Hall–Kier alpha value is -3.40. The Morgan fingerprint density at radius 3 is 2.31 bits per heavy atom. The third kappa shape index (κ3) is 6.55. The molecule has 0 aliphatic rings. The van der Waals surface area contributed by atoms with Gasteiger partial charge in [0.2, 0.25) is 0 Å². The molecule has 2 aromatic rings. The lowest BCUT2D eigenvalue weighted by molar-refractivity contribution is -0.143. The van der Waals surface area contributed by atoms with Crippen LogP contribution in [0.15, 0.2) is 47.4 Å². The smallest absolute Gasteiger partial charge is 0.316 e. The predicted octanol–water partition coefficient (Wildman–Crippen LogP) is 2.95. The van der Waals surface area contributed by atoms with Crippen LogP contribution in [0.5, 0.6) is 5.75 Å². The van der Waals surface area contributed by atoms with E-state index in [9.17, 15) is 22.8 Å². The summed E-state index contributed by atoms with van der Waals surface area (Å²) in [5, 5.41) is 11.1. The molecule has 0 bridgehead atoms. The molecule has 0 aliphatic carbocycles. The number of carbonyl (C=O) groups is 3. The molecule has 3 N–H and O–H groups in total. The van der Waals surface area contributed by atoms with Crippen molar-refractivity contribution in [3.05, 3.63) is 53.6 Å². The lowest BCUT2D eigenvalue weighted by Crippen LogP contribution is -2.27. The highest BCUT2D eigenvalue weighted by Crippen LogP contribution is 2.27. The van der Waals surface area contributed by atoms with Crippen LogP contribution in [0.25, 0.3) is 0 Å². The minimum absolute atomic E-state index is 0.0428. The van der Waals surface area contributed by atoms with E-state index < -0.39 is 33.3 Å². The summed E-state index contributed by atoms with van der Waals surface area (Å²) in [6.07, 6.45) is -0.259. The van der Waals surface area contributed by atoms with Crippen molar-refractivity contribution in [2.45, 2.75) is 39.0 Å². The van der Waals surface area contributed by atoms with Crippen molar-refractivity contribution in [2.24, 2.45) is 5.41 Å². The Kier molecular flexibility index (Phi) is 7.63. The van der Waals surface area contributed by atoms with Gasteiger partial charge in [-0.3, -0.25) is 19.1 Å². The van der Waals surface area contributed by atoms with Gasteiger partial charge in [0.15, 0.2) is 0 Å². The minimum Gasteiger partial charge on any atom is -0.481 e. The number of carboxylic acids is 1. The summed E-state index contributed by atoms with van der Waals surface area (Å²) in [4.78, 5) is 35.0. The fourth-order valence-electron chi connectivity index (χ4n) is 2.51. The highest BCUT2D eigenvalue weighted by atomic mass is 32.2. The molecule has 0 saturated carbocycles. The Labute approximate surface area is 186 Å². The van der Waals surface area contributed by atoms with Crippen LogP contribution in [0, 0.1) is 12.3 Å². The number of rotatable bonds is 8. The molecule has 0 radical (unpaired) electrons.